The van der Waals surface area contributed by atoms with Gasteiger partial charge in [0.25, 0.3) is 5.91 Å². The predicted octanol–water partition coefficient (Wildman–Crippen LogP) is 2.96. The molecule has 0 aliphatic heterocycles. The Hall–Kier alpha value is -2.40. The summed E-state index contributed by atoms with van der Waals surface area (Å²) in [6.45, 7) is 3.52. The van der Waals surface area contributed by atoms with E-state index in [1.165, 1.54) is 6.21 Å². The van der Waals surface area contributed by atoms with Crippen LogP contribution >= 0.6 is 11.6 Å². The molecule has 1 amide bonds. The van der Waals surface area contributed by atoms with Gasteiger partial charge in [-0.15, -0.1) is 0 Å². The van der Waals surface area contributed by atoms with E-state index in [9.17, 15) is 4.79 Å². The Morgan fingerprint density at radius 3 is 2.91 bits per heavy atom. The molecular weight excluding hydrogens is 302 g/mol. The average Bonchev–Trinajstić information content (AvgIpc) is 2.51. The van der Waals surface area contributed by atoms with Crippen molar-refractivity contribution in [3.05, 3.63) is 58.9 Å². The maximum atomic E-state index is 11.9. The molecule has 0 fully saturated rings. The lowest BCUT2D eigenvalue weighted by atomic mass is 10.2. The number of nitrogens with one attached hydrogen (secondary N) is 1. The zero-order chi connectivity index (χ0) is 15.9. The van der Waals surface area contributed by atoms with E-state index in [2.05, 4.69) is 15.5 Å². The predicted molar refractivity (Wildman–Crippen MR) is 86.3 cm³/mol. The van der Waals surface area contributed by atoms with Crippen LogP contribution in [0.1, 0.15) is 18.2 Å². The Labute approximate surface area is 134 Å². The van der Waals surface area contributed by atoms with Crippen molar-refractivity contribution < 1.29 is 9.53 Å². The van der Waals surface area contributed by atoms with E-state index in [1.807, 2.05) is 13.0 Å². The molecule has 22 heavy (non-hydrogen) atoms. The normalized spacial score (nSPS) is 12.1. The molecule has 0 saturated carbocycles. The lowest BCUT2D eigenvalue weighted by Gasteiger charge is -2.14. The number of ether oxygens (including phenoxy) is 1. The van der Waals surface area contributed by atoms with E-state index in [0.717, 1.165) is 5.56 Å². The fraction of sp³-hybridized carbons (Fsp3) is 0.188. The summed E-state index contributed by atoms with van der Waals surface area (Å²) in [5.41, 5.74) is 3.94. The lowest BCUT2D eigenvalue weighted by Crippen LogP contribution is -2.33. The van der Waals surface area contributed by atoms with Gasteiger partial charge in [0, 0.05) is 11.2 Å². The lowest BCUT2D eigenvalue weighted by molar-refractivity contribution is -0.127. The summed E-state index contributed by atoms with van der Waals surface area (Å²) >= 11 is 5.88. The fourth-order valence-electron chi connectivity index (χ4n) is 1.69. The summed E-state index contributed by atoms with van der Waals surface area (Å²) in [5.74, 6) is 0.266. The highest BCUT2D eigenvalue weighted by atomic mass is 35.5. The molecule has 1 N–H and O–H groups in total. The first-order chi connectivity index (χ1) is 10.6. The number of benzene rings is 1. The van der Waals surface area contributed by atoms with E-state index < -0.39 is 6.10 Å². The van der Waals surface area contributed by atoms with Gasteiger partial charge in [-0.1, -0.05) is 17.7 Å². The first kappa shape index (κ1) is 16.0. The van der Waals surface area contributed by atoms with Gasteiger partial charge in [-0.25, -0.2) is 5.43 Å². The molecular formula is C16H16ClN3O2. The van der Waals surface area contributed by atoms with E-state index in [1.54, 1.807) is 43.5 Å². The maximum Gasteiger partial charge on any atom is 0.280 e. The van der Waals surface area contributed by atoms with Gasteiger partial charge in [-0.05, 0) is 49.7 Å². The third-order valence-electron chi connectivity index (χ3n) is 2.87. The molecule has 0 aliphatic carbocycles. The van der Waals surface area contributed by atoms with Crippen molar-refractivity contribution in [3.8, 4) is 5.75 Å². The van der Waals surface area contributed by atoms with Crippen molar-refractivity contribution in [3.63, 3.8) is 0 Å². The van der Waals surface area contributed by atoms with E-state index >= 15 is 0 Å². The SMILES string of the molecule is Cc1cc(Cl)ccc1OC(C)C(=O)N/N=C/c1ccccn1. The number of hydrazone groups is 1. The first-order valence-electron chi connectivity index (χ1n) is 6.73. The second-order valence-electron chi connectivity index (χ2n) is 4.66. The van der Waals surface area contributed by atoms with Crippen LogP contribution in [0.3, 0.4) is 0 Å². The molecule has 6 heteroatoms. The minimum Gasteiger partial charge on any atom is -0.481 e. The van der Waals surface area contributed by atoms with Crippen molar-refractivity contribution >= 4 is 23.7 Å². The number of amides is 1. The van der Waals surface area contributed by atoms with E-state index in [-0.39, 0.29) is 5.91 Å². The van der Waals surface area contributed by atoms with Crippen LogP contribution in [-0.2, 0) is 4.79 Å². The number of pyridine rings is 1. The highest BCUT2D eigenvalue weighted by Gasteiger charge is 2.15. The van der Waals surface area contributed by atoms with Crippen LogP contribution in [0.25, 0.3) is 0 Å². The van der Waals surface area contributed by atoms with Gasteiger partial charge in [0.1, 0.15) is 5.75 Å². The minimum absolute atomic E-state index is 0.346. The van der Waals surface area contributed by atoms with Crippen LogP contribution < -0.4 is 10.2 Å². The van der Waals surface area contributed by atoms with Crippen molar-refractivity contribution in [2.45, 2.75) is 20.0 Å². The second-order valence-corrected chi connectivity index (χ2v) is 5.10. The molecule has 0 aliphatic rings. The number of aromatic nitrogens is 1. The average molecular weight is 318 g/mol. The first-order valence-corrected chi connectivity index (χ1v) is 7.11. The zero-order valence-corrected chi connectivity index (χ0v) is 13.0. The van der Waals surface area contributed by atoms with Crippen LogP contribution in [0.15, 0.2) is 47.7 Å². The standard InChI is InChI=1S/C16H16ClN3O2/c1-11-9-13(17)6-7-15(11)22-12(2)16(21)20-19-10-14-5-3-4-8-18-14/h3-10,12H,1-2H3,(H,20,21)/b19-10+. The molecule has 0 saturated heterocycles. The Bertz CT molecular complexity index is 674. The number of halogens is 1. The number of carbonyl (C=O) groups excluding carboxylic acids is 1. The van der Waals surface area contributed by atoms with Gasteiger partial charge in [0.05, 0.1) is 11.9 Å². The molecule has 5 nitrogen and oxygen atoms in total. The molecule has 0 spiro atoms. The summed E-state index contributed by atoms with van der Waals surface area (Å²) in [7, 11) is 0. The molecule has 114 valence electrons. The van der Waals surface area contributed by atoms with Crippen LogP contribution in [0, 0.1) is 6.92 Å². The molecule has 2 rings (SSSR count). The molecule has 1 unspecified atom stereocenters. The smallest absolute Gasteiger partial charge is 0.280 e. The molecule has 1 atom stereocenters. The fourth-order valence-corrected chi connectivity index (χ4v) is 1.92. The Balaban J connectivity index is 1.91. The Morgan fingerprint density at radius 1 is 1.41 bits per heavy atom. The highest BCUT2D eigenvalue weighted by molar-refractivity contribution is 6.30. The Morgan fingerprint density at radius 2 is 2.23 bits per heavy atom. The summed E-state index contributed by atoms with van der Waals surface area (Å²) < 4.78 is 5.60. The molecule has 1 aromatic carbocycles. The Kier molecular flexibility index (Phi) is 5.49. The third kappa shape index (κ3) is 4.56. The van der Waals surface area contributed by atoms with Gasteiger partial charge in [0.2, 0.25) is 0 Å². The highest BCUT2D eigenvalue weighted by Crippen LogP contribution is 2.22. The summed E-state index contributed by atoms with van der Waals surface area (Å²) in [4.78, 5) is 16.0. The molecule has 0 radical (unpaired) electrons. The van der Waals surface area contributed by atoms with Crippen molar-refractivity contribution in [1.82, 2.24) is 10.4 Å². The van der Waals surface area contributed by atoms with Crippen LogP contribution in [-0.4, -0.2) is 23.2 Å². The molecule has 1 aromatic heterocycles. The summed E-state index contributed by atoms with van der Waals surface area (Å²) in [5, 5.41) is 4.48. The third-order valence-corrected chi connectivity index (χ3v) is 3.10. The van der Waals surface area contributed by atoms with E-state index in [0.29, 0.717) is 16.5 Å². The monoisotopic (exact) mass is 317 g/mol. The maximum absolute atomic E-state index is 11.9. The zero-order valence-electron chi connectivity index (χ0n) is 12.3. The number of carbonyl (C=O) groups is 1. The number of hydrogen-bond donors (Lipinski definition) is 1. The van der Waals surface area contributed by atoms with Crippen molar-refractivity contribution in [2.24, 2.45) is 5.10 Å². The number of rotatable bonds is 5. The molecule has 2 aromatic rings. The number of hydrogen-bond acceptors (Lipinski definition) is 4. The quantitative estimate of drug-likeness (QED) is 0.681. The summed E-state index contributed by atoms with van der Waals surface area (Å²) in [6.07, 6.45) is 2.44. The largest absolute Gasteiger partial charge is 0.481 e. The molecule has 1 heterocycles. The van der Waals surface area contributed by atoms with Gasteiger partial charge in [0.15, 0.2) is 6.10 Å². The van der Waals surface area contributed by atoms with Crippen LogP contribution in [0.5, 0.6) is 5.75 Å². The number of nitrogens with zero attached hydrogens (tertiary/aromatic N) is 2. The van der Waals surface area contributed by atoms with Gasteiger partial charge in [-0.2, -0.15) is 5.10 Å². The molecule has 0 bridgehead atoms. The summed E-state index contributed by atoms with van der Waals surface area (Å²) in [6, 6.07) is 10.7. The number of aryl methyl sites for hydroxylation is 1. The topological polar surface area (TPSA) is 63.6 Å². The van der Waals surface area contributed by atoms with Crippen LogP contribution in [0.2, 0.25) is 5.02 Å². The van der Waals surface area contributed by atoms with Crippen molar-refractivity contribution in [2.75, 3.05) is 0 Å². The van der Waals surface area contributed by atoms with Gasteiger partial charge >= 0.3 is 0 Å². The van der Waals surface area contributed by atoms with Gasteiger partial charge in [-0.3, -0.25) is 9.78 Å². The van der Waals surface area contributed by atoms with E-state index in [4.69, 9.17) is 16.3 Å². The van der Waals surface area contributed by atoms with Gasteiger partial charge < -0.3 is 4.74 Å². The van der Waals surface area contributed by atoms with Crippen molar-refractivity contribution in [1.29, 1.82) is 0 Å². The minimum atomic E-state index is -0.680. The second kappa shape index (κ2) is 7.56. The van der Waals surface area contributed by atoms with Crippen LogP contribution in [0.4, 0.5) is 0 Å².